The van der Waals surface area contributed by atoms with Crippen molar-refractivity contribution in [1.29, 1.82) is 0 Å². The first-order valence-electron chi connectivity index (χ1n) is 5.60. The van der Waals surface area contributed by atoms with Gasteiger partial charge in [0.25, 0.3) is 0 Å². The summed E-state index contributed by atoms with van der Waals surface area (Å²) in [6, 6.07) is 5.45. The van der Waals surface area contributed by atoms with Crippen molar-refractivity contribution in [2.45, 2.75) is 40.7 Å². The third-order valence-electron chi connectivity index (χ3n) is 2.87. The number of carbonyl (C=O) groups excluding carboxylic acids is 1. The van der Waals surface area contributed by atoms with Crippen molar-refractivity contribution in [3.8, 4) is 0 Å². The molecule has 2 N–H and O–H groups in total. The number of hydrogen-bond donors (Lipinski definition) is 1. The first kappa shape index (κ1) is 12.9. The second-order valence-corrected chi connectivity index (χ2v) is 5.53. The van der Waals surface area contributed by atoms with Gasteiger partial charge in [-0.3, -0.25) is 4.79 Å². The number of ketones is 1. The third kappa shape index (κ3) is 2.70. The molecule has 1 unspecified atom stereocenters. The van der Waals surface area contributed by atoms with Gasteiger partial charge in [0.1, 0.15) is 0 Å². The molecule has 0 fully saturated rings. The van der Waals surface area contributed by atoms with Gasteiger partial charge in [-0.2, -0.15) is 0 Å². The Hall–Kier alpha value is -1.15. The molecule has 0 radical (unpaired) electrons. The minimum Gasteiger partial charge on any atom is -0.321 e. The summed E-state index contributed by atoms with van der Waals surface area (Å²) < 4.78 is 0. The molecule has 0 amide bonds. The van der Waals surface area contributed by atoms with E-state index in [9.17, 15) is 4.79 Å². The molecule has 0 heterocycles. The standard InChI is InChI=1S/C14H21NO/c1-9-6-7-10(2)11(8-9)12(16)13(15)14(3,4)5/h6-8,13H,15H2,1-5H3. The Morgan fingerprint density at radius 1 is 1.25 bits per heavy atom. The van der Waals surface area contributed by atoms with E-state index in [1.165, 1.54) is 0 Å². The third-order valence-corrected chi connectivity index (χ3v) is 2.87. The Kier molecular flexibility index (Phi) is 3.54. The Balaban J connectivity index is 3.10. The number of Topliss-reactive ketones (excluding diaryl/α,β-unsaturated/α-hetero) is 1. The summed E-state index contributed by atoms with van der Waals surface area (Å²) in [4.78, 5) is 12.2. The quantitative estimate of drug-likeness (QED) is 0.777. The molecule has 1 atom stereocenters. The molecule has 0 saturated carbocycles. The molecule has 0 aliphatic carbocycles. The van der Waals surface area contributed by atoms with Gasteiger partial charge in [-0.05, 0) is 30.9 Å². The Morgan fingerprint density at radius 3 is 2.31 bits per heavy atom. The van der Waals surface area contributed by atoms with Crippen LogP contribution in [0.25, 0.3) is 0 Å². The average Bonchev–Trinajstić information content (AvgIpc) is 2.18. The van der Waals surface area contributed by atoms with E-state index in [4.69, 9.17) is 5.73 Å². The molecule has 1 rings (SSSR count). The maximum Gasteiger partial charge on any atom is 0.180 e. The lowest BCUT2D eigenvalue weighted by molar-refractivity contribution is 0.0900. The van der Waals surface area contributed by atoms with Crippen LogP contribution in [0, 0.1) is 19.3 Å². The van der Waals surface area contributed by atoms with E-state index in [1.54, 1.807) is 0 Å². The zero-order chi connectivity index (χ0) is 12.5. The molecule has 2 heteroatoms. The summed E-state index contributed by atoms with van der Waals surface area (Å²) in [5.41, 5.74) is 8.64. The van der Waals surface area contributed by atoms with Gasteiger partial charge in [-0.25, -0.2) is 0 Å². The number of benzene rings is 1. The second kappa shape index (κ2) is 4.38. The lowest BCUT2D eigenvalue weighted by atomic mass is 9.82. The number of hydrogen-bond acceptors (Lipinski definition) is 2. The van der Waals surface area contributed by atoms with E-state index in [0.717, 1.165) is 16.7 Å². The normalized spacial score (nSPS) is 13.6. The van der Waals surface area contributed by atoms with Gasteiger partial charge in [-0.1, -0.05) is 38.5 Å². The molecule has 16 heavy (non-hydrogen) atoms. The largest absolute Gasteiger partial charge is 0.321 e. The van der Waals surface area contributed by atoms with Crippen molar-refractivity contribution in [3.05, 3.63) is 34.9 Å². The van der Waals surface area contributed by atoms with Crippen LogP contribution in [0.3, 0.4) is 0 Å². The highest BCUT2D eigenvalue weighted by Gasteiger charge is 2.28. The van der Waals surface area contributed by atoms with Crippen molar-refractivity contribution in [2.75, 3.05) is 0 Å². The number of aryl methyl sites for hydroxylation is 2. The van der Waals surface area contributed by atoms with E-state index < -0.39 is 6.04 Å². The van der Waals surface area contributed by atoms with E-state index >= 15 is 0 Å². The Labute approximate surface area is 97.9 Å². The van der Waals surface area contributed by atoms with E-state index in [1.807, 2.05) is 52.8 Å². The summed E-state index contributed by atoms with van der Waals surface area (Å²) in [5.74, 6) is 0.0358. The van der Waals surface area contributed by atoms with Crippen molar-refractivity contribution >= 4 is 5.78 Å². The topological polar surface area (TPSA) is 43.1 Å². The van der Waals surface area contributed by atoms with Gasteiger partial charge in [-0.15, -0.1) is 0 Å². The second-order valence-electron chi connectivity index (χ2n) is 5.53. The van der Waals surface area contributed by atoms with Crippen LogP contribution in [0.15, 0.2) is 18.2 Å². The fraction of sp³-hybridized carbons (Fsp3) is 0.500. The average molecular weight is 219 g/mol. The number of nitrogens with two attached hydrogens (primary N) is 1. The summed E-state index contributed by atoms with van der Waals surface area (Å²) >= 11 is 0. The van der Waals surface area contributed by atoms with Gasteiger partial charge in [0.2, 0.25) is 0 Å². The van der Waals surface area contributed by atoms with Gasteiger partial charge >= 0.3 is 0 Å². The molecule has 1 aromatic carbocycles. The highest BCUT2D eigenvalue weighted by Crippen LogP contribution is 2.22. The van der Waals surface area contributed by atoms with Gasteiger partial charge in [0.15, 0.2) is 5.78 Å². The molecule has 88 valence electrons. The van der Waals surface area contributed by atoms with Gasteiger partial charge < -0.3 is 5.73 Å². The maximum atomic E-state index is 12.2. The minimum absolute atomic E-state index is 0.0358. The van der Waals surface area contributed by atoms with E-state index in [2.05, 4.69) is 0 Å². The first-order valence-corrected chi connectivity index (χ1v) is 5.60. The molecule has 0 aromatic heterocycles. The zero-order valence-corrected chi connectivity index (χ0v) is 10.8. The molecule has 0 bridgehead atoms. The zero-order valence-electron chi connectivity index (χ0n) is 10.8. The smallest absolute Gasteiger partial charge is 0.180 e. The monoisotopic (exact) mass is 219 g/mol. The summed E-state index contributed by atoms with van der Waals surface area (Å²) in [6.07, 6.45) is 0. The van der Waals surface area contributed by atoms with Gasteiger partial charge in [0.05, 0.1) is 6.04 Å². The molecule has 0 spiro atoms. The minimum atomic E-state index is -0.451. The van der Waals surface area contributed by atoms with Crippen LogP contribution in [0.4, 0.5) is 0 Å². The van der Waals surface area contributed by atoms with E-state index in [-0.39, 0.29) is 11.2 Å². The first-order chi connectivity index (χ1) is 7.23. The van der Waals surface area contributed by atoms with Crippen LogP contribution in [0.5, 0.6) is 0 Å². The SMILES string of the molecule is Cc1ccc(C)c(C(=O)C(N)C(C)(C)C)c1. The number of rotatable bonds is 2. The lowest BCUT2D eigenvalue weighted by Gasteiger charge is -2.26. The Morgan fingerprint density at radius 2 is 1.81 bits per heavy atom. The molecule has 0 saturated heterocycles. The van der Waals surface area contributed by atoms with Gasteiger partial charge in [0, 0.05) is 5.56 Å². The molecule has 0 aliphatic heterocycles. The maximum absolute atomic E-state index is 12.2. The molecule has 2 nitrogen and oxygen atoms in total. The fourth-order valence-electron chi connectivity index (χ4n) is 1.56. The number of carbonyl (C=O) groups is 1. The highest BCUT2D eigenvalue weighted by atomic mass is 16.1. The van der Waals surface area contributed by atoms with Crippen LogP contribution < -0.4 is 5.73 Å². The molecular formula is C14H21NO. The molecule has 0 aliphatic rings. The summed E-state index contributed by atoms with van der Waals surface area (Å²) in [7, 11) is 0. The van der Waals surface area contributed by atoms with Crippen LogP contribution >= 0.6 is 0 Å². The molecular weight excluding hydrogens is 198 g/mol. The van der Waals surface area contributed by atoms with Crippen LogP contribution in [0.1, 0.15) is 42.3 Å². The lowest BCUT2D eigenvalue weighted by Crippen LogP contribution is -2.42. The Bertz CT molecular complexity index is 402. The fourth-order valence-corrected chi connectivity index (χ4v) is 1.56. The van der Waals surface area contributed by atoms with Crippen molar-refractivity contribution in [1.82, 2.24) is 0 Å². The summed E-state index contributed by atoms with van der Waals surface area (Å²) in [5, 5.41) is 0. The van der Waals surface area contributed by atoms with Crippen LogP contribution in [-0.2, 0) is 0 Å². The van der Waals surface area contributed by atoms with Crippen LogP contribution in [0.2, 0.25) is 0 Å². The highest BCUT2D eigenvalue weighted by molar-refractivity contribution is 6.01. The van der Waals surface area contributed by atoms with Crippen molar-refractivity contribution in [2.24, 2.45) is 11.1 Å². The molecule has 1 aromatic rings. The van der Waals surface area contributed by atoms with Crippen molar-refractivity contribution < 1.29 is 4.79 Å². The van der Waals surface area contributed by atoms with E-state index in [0.29, 0.717) is 0 Å². The summed E-state index contributed by atoms with van der Waals surface area (Å²) in [6.45, 7) is 9.89. The predicted octanol–water partition coefficient (Wildman–Crippen LogP) is 2.86. The van der Waals surface area contributed by atoms with Crippen LogP contribution in [-0.4, -0.2) is 11.8 Å². The van der Waals surface area contributed by atoms with Crippen molar-refractivity contribution in [3.63, 3.8) is 0 Å². The predicted molar refractivity (Wildman–Crippen MR) is 67.7 cm³/mol.